The van der Waals surface area contributed by atoms with Crippen LogP contribution in [0.5, 0.6) is 0 Å². The van der Waals surface area contributed by atoms with E-state index in [9.17, 15) is 13.2 Å². The average molecular weight is 221 g/mol. The molecule has 2 N–H and O–H groups in total. The number of nitrogens with two attached hydrogens (primary N) is 1. The van der Waals surface area contributed by atoms with Gasteiger partial charge in [-0.2, -0.15) is 18.3 Å². The van der Waals surface area contributed by atoms with E-state index in [-0.39, 0.29) is 13.0 Å². The topological polar surface area (TPSA) is 43.8 Å². The van der Waals surface area contributed by atoms with Crippen LogP contribution in [0, 0.1) is 13.8 Å². The number of hydrogen-bond donors (Lipinski definition) is 1. The lowest BCUT2D eigenvalue weighted by molar-refractivity contribution is -0.136. The minimum atomic E-state index is -4.10. The smallest absolute Gasteiger partial charge is 0.389 e. The summed E-state index contributed by atoms with van der Waals surface area (Å²) in [7, 11) is 0. The lowest BCUT2D eigenvalue weighted by Crippen LogP contribution is -2.10. The maximum atomic E-state index is 11.9. The number of hydrogen-bond acceptors (Lipinski definition) is 2. The Bertz CT molecular complexity index is 341. The molecule has 1 rings (SSSR count). The van der Waals surface area contributed by atoms with Gasteiger partial charge in [0.15, 0.2) is 0 Å². The van der Waals surface area contributed by atoms with E-state index in [0.717, 1.165) is 5.69 Å². The fourth-order valence-corrected chi connectivity index (χ4v) is 1.36. The van der Waals surface area contributed by atoms with Crippen LogP contribution < -0.4 is 5.73 Å². The first-order chi connectivity index (χ1) is 6.81. The molecular weight excluding hydrogens is 207 g/mol. The predicted octanol–water partition coefficient (Wildman–Crippen LogP) is 2.42. The molecule has 3 nitrogen and oxygen atoms in total. The molecule has 0 aliphatic rings. The van der Waals surface area contributed by atoms with Crippen LogP contribution in [-0.4, -0.2) is 16.0 Å². The van der Waals surface area contributed by atoms with E-state index in [0.29, 0.717) is 11.4 Å². The Morgan fingerprint density at radius 1 is 1.33 bits per heavy atom. The van der Waals surface area contributed by atoms with Crippen molar-refractivity contribution in [3.63, 3.8) is 0 Å². The second-order valence-corrected chi connectivity index (χ2v) is 3.53. The molecule has 0 atom stereocenters. The fourth-order valence-electron chi connectivity index (χ4n) is 1.36. The molecule has 0 saturated carbocycles. The van der Waals surface area contributed by atoms with Gasteiger partial charge in [0, 0.05) is 13.0 Å². The molecular formula is C9H14F3N3. The normalized spacial score (nSPS) is 12.1. The summed E-state index contributed by atoms with van der Waals surface area (Å²) in [5.74, 6) is 0. The maximum absolute atomic E-state index is 11.9. The van der Waals surface area contributed by atoms with Crippen molar-refractivity contribution in [3.05, 3.63) is 11.4 Å². The van der Waals surface area contributed by atoms with Gasteiger partial charge in [0.1, 0.15) is 0 Å². The monoisotopic (exact) mass is 221 g/mol. The van der Waals surface area contributed by atoms with E-state index in [1.165, 1.54) is 4.68 Å². The van der Waals surface area contributed by atoms with Crippen LogP contribution in [0.2, 0.25) is 0 Å². The summed E-state index contributed by atoms with van der Waals surface area (Å²) in [5, 5.41) is 4.05. The third-order valence-corrected chi connectivity index (χ3v) is 2.27. The van der Waals surface area contributed by atoms with Crippen LogP contribution in [0.15, 0.2) is 0 Å². The van der Waals surface area contributed by atoms with E-state index < -0.39 is 12.6 Å². The van der Waals surface area contributed by atoms with Gasteiger partial charge >= 0.3 is 6.18 Å². The Morgan fingerprint density at radius 2 is 1.93 bits per heavy atom. The molecule has 0 bridgehead atoms. The summed E-state index contributed by atoms with van der Waals surface area (Å²) in [6.45, 7) is 3.74. The predicted molar refractivity (Wildman–Crippen MR) is 51.4 cm³/mol. The Labute approximate surface area is 86.1 Å². The van der Waals surface area contributed by atoms with E-state index in [2.05, 4.69) is 5.10 Å². The summed E-state index contributed by atoms with van der Waals surface area (Å²) in [6, 6.07) is 0. The van der Waals surface area contributed by atoms with Crippen molar-refractivity contribution in [1.82, 2.24) is 9.78 Å². The third-order valence-electron chi connectivity index (χ3n) is 2.27. The van der Waals surface area contributed by atoms with Gasteiger partial charge in [-0.25, -0.2) is 0 Å². The number of halogens is 3. The molecule has 1 heterocycles. The number of alkyl halides is 3. The zero-order valence-corrected chi connectivity index (χ0v) is 8.73. The Kier molecular flexibility index (Phi) is 3.26. The Balaban J connectivity index is 2.55. The number of nitrogens with zero attached hydrogens (tertiary/aromatic N) is 2. The first-order valence-electron chi connectivity index (χ1n) is 4.67. The van der Waals surface area contributed by atoms with Gasteiger partial charge < -0.3 is 5.73 Å². The van der Waals surface area contributed by atoms with Gasteiger partial charge in [-0.15, -0.1) is 0 Å². The molecule has 0 aliphatic heterocycles. The summed E-state index contributed by atoms with van der Waals surface area (Å²) in [5.41, 5.74) is 7.61. The van der Waals surface area contributed by atoms with E-state index in [1.54, 1.807) is 13.8 Å². The standard InChI is InChI=1S/C9H14F3N3/c1-6-8(13)7(2)15(14-6)5-3-4-9(10,11)12/h3-5,13H2,1-2H3. The first kappa shape index (κ1) is 11.9. The highest BCUT2D eigenvalue weighted by Gasteiger charge is 2.26. The van der Waals surface area contributed by atoms with Crippen molar-refractivity contribution in [2.45, 2.75) is 39.4 Å². The minimum absolute atomic E-state index is 0.0326. The zero-order chi connectivity index (χ0) is 11.6. The molecule has 1 aromatic rings. The first-order valence-corrected chi connectivity index (χ1v) is 4.67. The van der Waals surface area contributed by atoms with Gasteiger partial charge in [-0.3, -0.25) is 4.68 Å². The number of anilines is 1. The van der Waals surface area contributed by atoms with Crippen LogP contribution in [0.1, 0.15) is 24.2 Å². The zero-order valence-electron chi connectivity index (χ0n) is 8.73. The van der Waals surface area contributed by atoms with Gasteiger partial charge in [-0.05, 0) is 20.3 Å². The lowest BCUT2D eigenvalue weighted by Gasteiger charge is -2.07. The van der Waals surface area contributed by atoms with Crippen LogP contribution in [0.4, 0.5) is 18.9 Å². The van der Waals surface area contributed by atoms with Crippen molar-refractivity contribution < 1.29 is 13.2 Å². The molecule has 0 saturated heterocycles. The molecule has 0 unspecified atom stereocenters. The molecule has 86 valence electrons. The van der Waals surface area contributed by atoms with Crippen LogP contribution >= 0.6 is 0 Å². The largest absolute Gasteiger partial charge is 0.396 e. The highest BCUT2D eigenvalue weighted by Crippen LogP contribution is 2.22. The van der Waals surface area contributed by atoms with Crippen molar-refractivity contribution in [2.24, 2.45) is 0 Å². The van der Waals surface area contributed by atoms with Crippen LogP contribution in [-0.2, 0) is 6.54 Å². The van der Waals surface area contributed by atoms with Gasteiger partial charge in [0.25, 0.3) is 0 Å². The molecule has 0 spiro atoms. The van der Waals surface area contributed by atoms with Gasteiger partial charge in [0.05, 0.1) is 17.1 Å². The third kappa shape index (κ3) is 3.14. The molecule has 0 aliphatic carbocycles. The number of aryl methyl sites for hydroxylation is 2. The summed E-state index contributed by atoms with van der Waals surface area (Å²) >= 11 is 0. The van der Waals surface area contributed by atoms with E-state index in [4.69, 9.17) is 5.73 Å². The summed E-state index contributed by atoms with van der Waals surface area (Å²) < 4.78 is 37.2. The highest BCUT2D eigenvalue weighted by atomic mass is 19.4. The molecule has 1 aromatic heterocycles. The molecule has 0 amide bonds. The molecule has 15 heavy (non-hydrogen) atoms. The number of nitrogen functional groups attached to an aromatic ring is 1. The van der Waals surface area contributed by atoms with E-state index >= 15 is 0 Å². The summed E-state index contributed by atoms with van der Waals surface area (Å²) in [4.78, 5) is 0. The van der Waals surface area contributed by atoms with Crippen LogP contribution in [0.25, 0.3) is 0 Å². The Hall–Kier alpha value is -1.20. The van der Waals surface area contributed by atoms with E-state index in [1.807, 2.05) is 0 Å². The summed E-state index contributed by atoms with van der Waals surface area (Å²) in [6.07, 6.45) is -4.85. The number of rotatable bonds is 3. The van der Waals surface area contributed by atoms with Crippen LogP contribution in [0.3, 0.4) is 0 Å². The van der Waals surface area contributed by atoms with Crippen molar-refractivity contribution in [2.75, 3.05) is 5.73 Å². The second kappa shape index (κ2) is 4.12. The quantitative estimate of drug-likeness (QED) is 0.851. The second-order valence-electron chi connectivity index (χ2n) is 3.53. The fraction of sp³-hybridized carbons (Fsp3) is 0.667. The maximum Gasteiger partial charge on any atom is 0.389 e. The molecule has 6 heteroatoms. The van der Waals surface area contributed by atoms with Gasteiger partial charge in [0.2, 0.25) is 0 Å². The lowest BCUT2D eigenvalue weighted by atomic mass is 10.3. The molecule has 0 aromatic carbocycles. The van der Waals surface area contributed by atoms with Crippen molar-refractivity contribution in [1.29, 1.82) is 0 Å². The molecule has 0 fully saturated rings. The molecule has 0 radical (unpaired) electrons. The van der Waals surface area contributed by atoms with Crippen molar-refractivity contribution >= 4 is 5.69 Å². The minimum Gasteiger partial charge on any atom is -0.396 e. The average Bonchev–Trinajstić information content (AvgIpc) is 2.32. The SMILES string of the molecule is Cc1nn(CCCC(F)(F)F)c(C)c1N. The number of aromatic nitrogens is 2. The Morgan fingerprint density at radius 3 is 2.33 bits per heavy atom. The van der Waals surface area contributed by atoms with Crippen molar-refractivity contribution in [3.8, 4) is 0 Å². The highest BCUT2D eigenvalue weighted by molar-refractivity contribution is 5.46. The van der Waals surface area contributed by atoms with Gasteiger partial charge in [-0.1, -0.05) is 0 Å².